The summed E-state index contributed by atoms with van der Waals surface area (Å²) >= 11 is 0. The molecule has 31 heavy (non-hydrogen) atoms. The molecule has 2 aromatic carbocycles. The summed E-state index contributed by atoms with van der Waals surface area (Å²) in [5.41, 5.74) is 4.94. The molecule has 162 valence electrons. The summed E-state index contributed by atoms with van der Waals surface area (Å²) in [6, 6.07) is 16.4. The van der Waals surface area contributed by atoms with Crippen LogP contribution in [0, 0.1) is 0 Å². The predicted molar refractivity (Wildman–Crippen MR) is 122 cm³/mol. The van der Waals surface area contributed by atoms with Gasteiger partial charge in [-0.05, 0) is 49.3 Å². The molecule has 4 rings (SSSR count). The van der Waals surface area contributed by atoms with Gasteiger partial charge in [-0.25, -0.2) is 0 Å². The fourth-order valence-corrected chi connectivity index (χ4v) is 4.66. The van der Waals surface area contributed by atoms with E-state index in [4.69, 9.17) is 4.74 Å². The van der Waals surface area contributed by atoms with Crippen molar-refractivity contribution < 1.29 is 14.3 Å². The van der Waals surface area contributed by atoms with Gasteiger partial charge in [-0.1, -0.05) is 56.3 Å². The van der Waals surface area contributed by atoms with Crippen molar-refractivity contribution in [2.75, 3.05) is 0 Å². The van der Waals surface area contributed by atoms with Crippen LogP contribution in [0.1, 0.15) is 75.0 Å². The Bertz CT molecular complexity index is 1010. The third-order valence-corrected chi connectivity index (χ3v) is 6.59. The van der Waals surface area contributed by atoms with Crippen molar-refractivity contribution in [3.63, 3.8) is 0 Å². The quantitative estimate of drug-likeness (QED) is 0.682. The highest BCUT2D eigenvalue weighted by atomic mass is 16.5. The molecule has 0 saturated heterocycles. The summed E-state index contributed by atoms with van der Waals surface area (Å²) in [5, 5.41) is 3.02. The zero-order valence-electron chi connectivity index (χ0n) is 18.6. The average Bonchev–Trinajstić information content (AvgIpc) is 2.78. The number of hydrogen-bond donors (Lipinski definition) is 1. The lowest BCUT2D eigenvalue weighted by molar-refractivity contribution is -0.122. The summed E-state index contributed by atoms with van der Waals surface area (Å²) in [4.78, 5) is 26.0. The monoisotopic (exact) mass is 417 g/mol. The molecule has 1 amide bonds. The molecular weight excluding hydrogens is 386 g/mol. The SMILES string of the molecule is CCc1ccc(C2CC(=O)C3=C(C2)NC(=O)CC3c2ccccc2OC(C)CC)cc1. The van der Waals surface area contributed by atoms with Gasteiger partial charge in [-0.3, -0.25) is 9.59 Å². The Morgan fingerprint density at radius 3 is 2.45 bits per heavy atom. The number of nitrogens with one attached hydrogen (secondary N) is 1. The summed E-state index contributed by atoms with van der Waals surface area (Å²) < 4.78 is 6.14. The number of allylic oxidation sites excluding steroid dienone is 2. The molecule has 3 unspecified atom stereocenters. The number of benzene rings is 2. The van der Waals surface area contributed by atoms with Gasteiger partial charge >= 0.3 is 0 Å². The molecule has 3 atom stereocenters. The molecule has 0 aromatic heterocycles. The summed E-state index contributed by atoms with van der Waals surface area (Å²) in [7, 11) is 0. The summed E-state index contributed by atoms with van der Waals surface area (Å²) in [6.07, 6.45) is 3.40. The number of rotatable bonds is 6. The number of para-hydroxylation sites is 1. The Balaban J connectivity index is 1.68. The number of carbonyl (C=O) groups is 2. The molecule has 1 aliphatic heterocycles. The van der Waals surface area contributed by atoms with E-state index in [1.807, 2.05) is 31.2 Å². The second kappa shape index (κ2) is 9.09. The topological polar surface area (TPSA) is 55.4 Å². The highest BCUT2D eigenvalue weighted by molar-refractivity contribution is 6.02. The number of hydrogen-bond acceptors (Lipinski definition) is 3. The van der Waals surface area contributed by atoms with Gasteiger partial charge in [-0.15, -0.1) is 0 Å². The van der Waals surface area contributed by atoms with Crippen molar-refractivity contribution in [2.45, 2.75) is 70.8 Å². The van der Waals surface area contributed by atoms with Gasteiger partial charge in [0.2, 0.25) is 5.91 Å². The first-order chi connectivity index (χ1) is 15.0. The van der Waals surface area contributed by atoms with E-state index in [1.165, 1.54) is 5.56 Å². The van der Waals surface area contributed by atoms with Crippen molar-refractivity contribution in [2.24, 2.45) is 0 Å². The second-order valence-electron chi connectivity index (χ2n) is 8.70. The number of carbonyl (C=O) groups excluding carboxylic acids is 2. The van der Waals surface area contributed by atoms with Crippen molar-refractivity contribution in [3.05, 3.63) is 76.5 Å². The van der Waals surface area contributed by atoms with Gasteiger partial charge in [0.15, 0.2) is 5.78 Å². The van der Waals surface area contributed by atoms with E-state index in [9.17, 15) is 9.59 Å². The van der Waals surface area contributed by atoms with Gasteiger partial charge in [0.1, 0.15) is 5.75 Å². The van der Waals surface area contributed by atoms with Crippen LogP contribution in [0.25, 0.3) is 0 Å². The van der Waals surface area contributed by atoms with Crippen LogP contribution >= 0.6 is 0 Å². The van der Waals surface area contributed by atoms with Gasteiger partial charge < -0.3 is 10.1 Å². The molecule has 0 fully saturated rings. The molecule has 1 heterocycles. The molecule has 0 radical (unpaired) electrons. The molecule has 0 spiro atoms. The van der Waals surface area contributed by atoms with Crippen molar-refractivity contribution in [1.29, 1.82) is 0 Å². The Morgan fingerprint density at radius 2 is 1.74 bits per heavy atom. The van der Waals surface area contributed by atoms with Crippen LogP contribution in [-0.2, 0) is 16.0 Å². The standard InChI is InChI=1S/C27H31NO3/c1-4-17(3)31-25-9-7-6-8-21(25)22-16-26(30)28-23-14-20(15-24(29)27(22)23)19-12-10-18(5-2)11-13-19/h6-13,17,20,22H,4-5,14-16H2,1-3H3,(H,28,30). The zero-order chi connectivity index (χ0) is 22.0. The van der Waals surface area contributed by atoms with E-state index in [-0.39, 0.29) is 36.1 Å². The van der Waals surface area contributed by atoms with Crippen molar-refractivity contribution in [1.82, 2.24) is 5.32 Å². The van der Waals surface area contributed by atoms with E-state index < -0.39 is 0 Å². The molecule has 4 nitrogen and oxygen atoms in total. The minimum atomic E-state index is -0.250. The van der Waals surface area contributed by atoms with Crippen LogP contribution in [0.15, 0.2) is 59.8 Å². The lowest BCUT2D eigenvalue weighted by atomic mass is 9.73. The minimum Gasteiger partial charge on any atom is -0.490 e. The molecule has 4 heteroatoms. The number of amides is 1. The number of Topliss-reactive ketones (excluding diaryl/α,β-unsaturated/α-hetero) is 1. The van der Waals surface area contributed by atoms with Gasteiger partial charge in [-0.2, -0.15) is 0 Å². The number of ketones is 1. The maximum atomic E-state index is 13.4. The fraction of sp³-hybridized carbons (Fsp3) is 0.407. The molecular formula is C27H31NO3. The smallest absolute Gasteiger partial charge is 0.225 e. The second-order valence-corrected chi connectivity index (χ2v) is 8.70. The van der Waals surface area contributed by atoms with Crippen molar-refractivity contribution >= 4 is 11.7 Å². The van der Waals surface area contributed by atoms with Gasteiger partial charge in [0, 0.05) is 35.6 Å². The van der Waals surface area contributed by atoms with E-state index in [0.29, 0.717) is 12.8 Å². The van der Waals surface area contributed by atoms with Crippen LogP contribution in [0.5, 0.6) is 5.75 Å². The maximum Gasteiger partial charge on any atom is 0.225 e. The third kappa shape index (κ3) is 4.43. The molecule has 0 saturated carbocycles. The van der Waals surface area contributed by atoms with Gasteiger partial charge in [0.25, 0.3) is 0 Å². The first-order valence-corrected chi connectivity index (χ1v) is 11.4. The molecule has 1 N–H and O–H groups in total. The zero-order valence-corrected chi connectivity index (χ0v) is 18.6. The van der Waals surface area contributed by atoms with E-state index in [2.05, 4.69) is 43.4 Å². The molecule has 2 aliphatic rings. The van der Waals surface area contributed by atoms with Crippen molar-refractivity contribution in [3.8, 4) is 5.75 Å². The lowest BCUT2D eigenvalue weighted by Crippen LogP contribution is -2.38. The Kier molecular flexibility index (Phi) is 6.26. The fourth-order valence-electron chi connectivity index (χ4n) is 4.66. The van der Waals surface area contributed by atoms with Crippen LogP contribution in [0.4, 0.5) is 0 Å². The van der Waals surface area contributed by atoms with Crippen LogP contribution in [0.2, 0.25) is 0 Å². The summed E-state index contributed by atoms with van der Waals surface area (Å²) in [6.45, 7) is 6.26. The van der Waals surface area contributed by atoms with Crippen LogP contribution < -0.4 is 10.1 Å². The Morgan fingerprint density at radius 1 is 1.00 bits per heavy atom. The Hall–Kier alpha value is -2.88. The lowest BCUT2D eigenvalue weighted by Gasteiger charge is -2.35. The Labute approximate surface area is 184 Å². The van der Waals surface area contributed by atoms with Crippen LogP contribution in [0.3, 0.4) is 0 Å². The first kappa shape index (κ1) is 21.4. The average molecular weight is 418 g/mol. The minimum absolute atomic E-state index is 0.0307. The molecule has 1 aliphatic carbocycles. The largest absolute Gasteiger partial charge is 0.490 e. The molecule has 0 bridgehead atoms. The molecule has 2 aromatic rings. The first-order valence-electron chi connectivity index (χ1n) is 11.4. The third-order valence-electron chi connectivity index (χ3n) is 6.59. The van der Waals surface area contributed by atoms with Crippen LogP contribution in [-0.4, -0.2) is 17.8 Å². The highest BCUT2D eigenvalue weighted by Crippen LogP contribution is 2.44. The van der Waals surface area contributed by atoms with E-state index in [1.54, 1.807) is 0 Å². The maximum absolute atomic E-state index is 13.4. The number of aryl methyl sites for hydroxylation is 1. The summed E-state index contributed by atoms with van der Waals surface area (Å²) in [5.74, 6) is 0.724. The highest BCUT2D eigenvalue weighted by Gasteiger charge is 2.39. The predicted octanol–water partition coefficient (Wildman–Crippen LogP) is 5.43. The van der Waals surface area contributed by atoms with Gasteiger partial charge in [0.05, 0.1) is 6.10 Å². The van der Waals surface area contributed by atoms with E-state index >= 15 is 0 Å². The van der Waals surface area contributed by atoms with E-state index in [0.717, 1.165) is 41.0 Å². The number of ether oxygens (including phenoxy) is 1. The normalized spacial score (nSPS) is 22.0.